The first-order valence-corrected chi connectivity index (χ1v) is 17.5. The van der Waals surface area contributed by atoms with E-state index in [1.807, 2.05) is 27.7 Å². The van der Waals surface area contributed by atoms with Crippen LogP contribution < -0.4 is 14.7 Å². The van der Waals surface area contributed by atoms with Gasteiger partial charge in [0.25, 0.3) is 0 Å². The summed E-state index contributed by atoms with van der Waals surface area (Å²) in [7, 11) is 5.78. The number of aliphatic hydroxyl groups is 2. The number of urea groups is 3. The lowest BCUT2D eigenvalue weighted by Gasteiger charge is -2.20. The minimum atomic E-state index is -4.56. The molecule has 3 fully saturated rings. The topological polar surface area (TPSA) is 177 Å². The zero-order valence-electron chi connectivity index (χ0n) is 32.9. The van der Waals surface area contributed by atoms with E-state index in [0.29, 0.717) is 29.4 Å². The number of aromatic nitrogens is 4. The molecule has 316 valence electrons. The van der Waals surface area contributed by atoms with Crippen molar-refractivity contribution in [1.82, 2.24) is 34.6 Å². The highest BCUT2D eigenvalue weighted by molar-refractivity contribution is 5.95. The zero-order valence-corrected chi connectivity index (χ0v) is 32.9. The average molecular weight is 821 g/mol. The maximum absolute atomic E-state index is 12.7. The molecule has 3 aliphatic heterocycles. The van der Waals surface area contributed by atoms with Gasteiger partial charge >= 0.3 is 30.4 Å². The van der Waals surface area contributed by atoms with Crippen molar-refractivity contribution in [2.24, 2.45) is 7.05 Å². The van der Waals surface area contributed by atoms with Gasteiger partial charge in [-0.05, 0) is 32.9 Å². The van der Waals surface area contributed by atoms with Gasteiger partial charge < -0.3 is 29.3 Å². The molecule has 0 radical (unpaired) electrons. The standard InChI is InChI=1S/C13H21N3O4.C11H12F3N3O.C10H13F3N4O2/c1-6-19-11-10(17)16(12(18)15(11)5)9-7-8(20-14-9)13(2,3)4;1-7-6-16(2)10(18)17(7)9-5-8(3-4-15-9)11(12,13)14;1-5-8(18)17(9(19)15(5)2)7-4-6(10(11,12)13)16(3)14-7/h7,10-11,17H,6H2,1-5H3;3-5,7H,6H2,1-2H3;4-5,8,18H,1-3H3. The minimum Gasteiger partial charge on any atom is -0.371 e. The van der Waals surface area contributed by atoms with Crippen LogP contribution in [0.15, 0.2) is 35.0 Å². The molecule has 0 bridgehead atoms. The number of pyridine rings is 1. The van der Waals surface area contributed by atoms with Crippen molar-refractivity contribution in [3.05, 3.63) is 47.5 Å². The second kappa shape index (κ2) is 16.4. The molecule has 5 atom stereocenters. The number of aryl methyl sites for hydroxylation is 1. The monoisotopic (exact) mass is 820 g/mol. The number of nitrogens with zero attached hydrogens (tertiary/aromatic N) is 10. The first-order valence-electron chi connectivity index (χ1n) is 17.5. The molecule has 0 aromatic carbocycles. The number of rotatable bonds is 5. The van der Waals surface area contributed by atoms with Crippen molar-refractivity contribution in [2.45, 2.75) is 90.1 Å². The molecule has 0 spiro atoms. The smallest absolute Gasteiger partial charge is 0.371 e. The van der Waals surface area contributed by atoms with Gasteiger partial charge in [-0.15, -0.1) is 0 Å². The Bertz CT molecular complexity index is 1920. The lowest BCUT2D eigenvalue weighted by Crippen LogP contribution is -2.38. The maximum atomic E-state index is 12.7. The molecule has 0 aliphatic carbocycles. The molecule has 3 aromatic heterocycles. The molecular formula is C34H46F6N10O7. The Hall–Kier alpha value is -5.16. The molecule has 5 unspecified atom stereocenters. The normalized spacial score (nSPS) is 23.1. The summed E-state index contributed by atoms with van der Waals surface area (Å²) in [6, 6.07) is 2.18. The molecule has 23 heteroatoms. The summed E-state index contributed by atoms with van der Waals surface area (Å²) >= 11 is 0. The summed E-state index contributed by atoms with van der Waals surface area (Å²) in [4.78, 5) is 47.0. The highest BCUT2D eigenvalue weighted by Crippen LogP contribution is 2.35. The molecule has 6 amide bonds. The van der Waals surface area contributed by atoms with Crippen LogP contribution in [-0.2, 0) is 29.6 Å². The van der Waals surface area contributed by atoms with Gasteiger partial charge in [0, 0.05) is 65.1 Å². The highest BCUT2D eigenvalue weighted by atomic mass is 19.4. The van der Waals surface area contributed by atoms with Gasteiger partial charge in [-0.1, -0.05) is 25.9 Å². The summed E-state index contributed by atoms with van der Waals surface area (Å²) in [5, 5.41) is 27.7. The SMILES string of the molecule is CC1C(O)N(c2cc(C(F)(F)F)n(C)n2)C(=O)N1C.CC1CN(C)C(=O)N1c1cc(C(F)(F)F)ccn1.CCOC1C(O)N(c2cc(C(C)(C)C)on2)C(=O)N1C. The van der Waals surface area contributed by atoms with E-state index >= 15 is 0 Å². The Kier molecular flexibility index (Phi) is 12.8. The quantitative estimate of drug-likeness (QED) is 0.337. The number of hydrogen-bond acceptors (Lipinski definition) is 10. The van der Waals surface area contributed by atoms with Gasteiger partial charge in [0.15, 0.2) is 30.3 Å². The number of anilines is 3. The Morgan fingerprint density at radius 1 is 0.807 bits per heavy atom. The van der Waals surface area contributed by atoms with Crippen molar-refractivity contribution in [3.8, 4) is 0 Å². The van der Waals surface area contributed by atoms with Crippen molar-refractivity contribution in [2.75, 3.05) is 49.0 Å². The number of carbonyl (C=O) groups excluding carboxylic acids is 3. The van der Waals surface area contributed by atoms with Crippen molar-refractivity contribution in [1.29, 1.82) is 0 Å². The molecular weight excluding hydrogens is 774 g/mol. The largest absolute Gasteiger partial charge is 0.433 e. The maximum Gasteiger partial charge on any atom is 0.433 e. The van der Waals surface area contributed by atoms with Crippen LogP contribution >= 0.6 is 0 Å². The van der Waals surface area contributed by atoms with Crippen LogP contribution in [0.4, 0.5) is 58.2 Å². The van der Waals surface area contributed by atoms with Gasteiger partial charge in [-0.3, -0.25) is 14.5 Å². The van der Waals surface area contributed by atoms with E-state index in [9.17, 15) is 50.9 Å². The first kappa shape index (κ1) is 44.6. The van der Waals surface area contributed by atoms with Gasteiger partial charge in [-0.25, -0.2) is 29.2 Å². The van der Waals surface area contributed by atoms with Crippen LogP contribution in [0.1, 0.15) is 58.6 Å². The Morgan fingerprint density at radius 3 is 1.86 bits per heavy atom. The van der Waals surface area contributed by atoms with Crippen molar-refractivity contribution in [3.63, 3.8) is 0 Å². The van der Waals surface area contributed by atoms with Crippen molar-refractivity contribution >= 4 is 35.5 Å². The lowest BCUT2D eigenvalue weighted by molar-refractivity contribution is -0.143. The minimum absolute atomic E-state index is 0.0340. The van der Waals surface area contributed by atoms with E-state index in [4.69, 9.17) is 9.26 Å². The molecule has 3 aliphatic rings. The van der Waals surface area contributed by atoms with Crippen LogP contribution in [0.25, 0.3) is 0 Å². The Balaban J connectivity index is 0.000000190. The first-order chi connectivity index (χ1) is 26.2. The van der Waals surface area contributed by atoms with Gasteiger partial charge in [0.2, 0.25) is 0 Å². The number of amides is 6. The van der Waals surface area contributed by atoms with E-state index in [1.165, 1.54) is 31.5 Å². The van der Waals surface area contributed by atoms with Crippen LogP contribution in [0, 0.1) is 0 Å². The average Bonchev–Trinajstić information content (AvgIpc) is 3.89. The molecule has 3 aromatic rings. The fraction of sp³-hybridized carbons (Fsp3) is 0.588. The van der Waals surface area contributed by atoms with E-state index in [0.717, 1.165) is 36.3 Å². The van der Waals surface area contributed by atoms with E-state index in [1.54, 1.807) is 34.0 Å². The van der Waals surface area contributed by atoms with Crippen LogP contribution in [0.5, 0.6) is 0 Å². The second-order valence-electron chi connectivity index (χ2n) is 14.5. The fourth-order valence-electron chi connectivity index (χ4n) is 5.97. The van der Waals surface area contributed by atoms with Crippen LogP contribution in [0.3, 0.4) is 0 Å². The number of halogens is 6. The Morgan fingerprint density at radius 2 is 1.40 bits per heavy atom. The number of hydrogen-bond donors (Lipinski definition) is 2. The molecule has 17 nitrogen and oxygen atoms in total. The number of alkyl halides is 6. The molecule has 3 saturated heterocycles. The van der Waals surface area contributed by atoms with E-state index in [-0.39, 0.29) is 35.2 Å². The molecule has 6 heterocycles. The zero-order chi connectivity index (χ0) is 43.1. The van der Waals surface area contributed by atoms with Gasteiger partial charge in [-0.2, -0.15) is 31.4 Å². The van der Waals surface area contributed by atoms with Gasteiger partial charge in [0.1, 0.15) is 17.3 Å². The third-order valence-electron chi connectivity index (χ3n) is 9.28. The number of likely N-dealkylation sites (N-methyl/N-ethyl adjacent to an activating group) is 3. The fourth-order valence-corrected chi connectivity index (χ4v) is 5.97. The summed E-state index contributed by atoms with van der Waals surface area (Å²) < 4.78 is 87.0. The summed E-state index contributed by atoms with van der Waals surface area (Å²) in [5.41, 5.74) is -2.00. The summed E-state index contributed by atoms with van der Waals surface area (Å²) in [5.74, 6) is 0.756. The van der Waals surface area contributed by atoms with Crippen LogP contribution in [-0.4, -0.2) is 128 Å². The predicted octanol–water partition coefficient (Wildman–Crippen LogP) is 4.90. The van der Waals surface area contributed by atoms with E-state index < -0.39 is 54.4 Å². The van der Waals surface area contributed by atoms with Crippen molar-refractivity contribution < 1.29 is 60.2 Å². The number of ether oxygens (including phenoxy) is 1. The number of aliphatic hydroxyl groups excluding tert-OH is 2. The third-order valence-corrected chi connectivity index (χ3v) is 9.28. The highest BCUT2D eigenvalue weighted by Gasteiger charge is 2.47. The molecule has 0 saturated carbocycles. The Labute approximate surface area is 323 Å². The second-order valence-corrected chi connectivity index (χ2v) is 14.5. The lowest BCUT2D eigenvalue weighted by atomic mass is 9.93. The van der Waals surface area contributed by atoms with E-state index in [2.05, 4.69) is 15.2 Å². The molecule has 2 N–H and O–H groups in total. The predicted molar refractivity (Wildman–Crippen MR) is 191 cm³/mol. The molecule has 6 rings (SSSR count). The third kappa shape index (κ3) is 9.20. The molecule has 57 heavy (non-hydrogen) atoms. The van der Waals surface area contributed by atoms with Crippen LogP contribution in [0.2, 0.25) is 0 Å². The summed E-state index contributed by atoms with van der Waals surface area (Å²) in [6.07, 6.45) is -11.0. The number of carbonyl (C=O) groups is 3. The van der Waals surface area contributed by atoms with Gasteiger partial charge in [0.05, 0.1) is 17.6 Å². The summed E-state index contributed by atoms with van der Waals surface area (Å²) in [6.45, 7) is 12.0.